The first-order chi connectivity index (χ1) is 9.60. The van der Waals surface area contributed by atoms with Crippen molar-refractivity contribution in [3.63, 3.8) is 0 Å². The van der Waals surface area contributed by atoms with E-state index in [4.69, 9.17) is 11.6 Å². The van der Waals surface area contributed by atoms with Crippen LogP contribution < -0.4 is 0 Å². The fourth-order valence-electron chi connectivity index (χ4n) is 2.28. The van der Waals surface area contributed by atoms with Crippen LogP contribution in [0.1, 0.15) is 25.7 Å². The van der Waals surface area contributed by atoms with E-state index in [0.717, 1.165) is 16.9 Å². The van der Waals surface area contributed by atoms with Crippen molar-refractivity contribution in [2.75, 3.05) is 19.5 Å². The highest BCUT2D eigenvalue weighted by molar-refractivity contribution is 6.17. The molecule has 2 aromatic rings. The van der Waals surface area contributed by atoms with Crippen LogP contribution in [0.4, 0.5) is 0 Å². The highest BCUT2D eigenvalue weighted by Gasteiger charge is 2.23. The lowest BCUT2D eigenvalue weighted by molar-refractivity contribution is -0.132. The van der Waals surface area contributed by atoms with Crippen LogP contribution in [-0.4, -0.2) is 44.8 Å². The SMILES string of the molecule is CCN(C)C(=O)C(C)n1c(CCCl)nc2cnccc21. The first-order valence-electron chi connectivity index (χ1n) is 6.71. The summed E-state index contributed by atoms with van der Waals surface area (Å²) in [7, 11) is 1.81. The van der Waals surface area contributed by atoms with Crippen LogP contribution in [-0.2, 0) is 11.2 Å². The number of rotatable bonds is 5. The maximum Gasteiger partial charge on any atom is 0.245 e. The minimum atomic E-state index is -0.300. The Hall–Kier alpha value is -1.62. The van der Waals surface area contributed by atoms with Crippen molar-refractivity contribution >= 4 is 28.5 Å². The Kier molecular flexibility index (Phi) is 4.60. The number of alkyl halides is 1. The van der Waals surface area contributed by atoms with Crippen molar-refractivity contribution in [1.29, 1.82) is 0 Å². The number of carbonyl (C=O) groups is 1. The van der Waals surface area contributed by atoms with E-state index in [-0.39, 0.29) is 11.9 Å². The van der Waals surface area contributed by atoms with Gasteiger partial charge in [0.1, 0.15) is 17.4 Å². The van der Waals surface area contributed by atoms with Crippen molar-refractivity contribution in [2.24, 2.45) is 0 Å². The van der Waals surface area contributed by atoms with Crippen molar-refractivity contribution in [3.05, 3.63) is 24.3 Å². The predicted octanol–water partition coefficient (Wildman–Crippen LogP) is 2.25. The van der Waals surface area contributed by atoms with E-state index in [1.165, 1.54) is 0 Å². The van der Waals surface area contributed by atoms with Gasteiger partial charge in [-0.15, -0.1) is 11.6 Å². The standard InChI is InChI=1S/C14H19ClN4O/c1-4-18(3)14(20)10(2)19-12-6-8-16-9-11(12)17-13(19)5-7-15/h6,8-10H,4-5,7H2,1-3H3. The highest BCUT2D eigenvalue weighted by atomic mass is 35.5. The third-order valence-corrected chi connectivity index (χ3v) is 3.67. The van der Waals surface area contributed by atoms with Gasteiger partial charge < -0.3 is 9.47 Å². The molecule has 0 fully saturated rings. The van der Waals surface area contributed by atoms with Crippen LogP contribution >= 0.6 is 11.6 Å². The number of fused-ring (bicyclic) bond motifs is 1. The number of halogens is 1. The van der Waals surface area contributed by atoms with E-state index < -0.39 is 0 Å². The molecule has 2 aromatic heterocycles. The Balaban J connectivity index is 2.50. The van der Waals surface area contributed by atoms with Crippen molar-refractivity contribution < 1.29 is 4.79 Å². The summed E-state index contributed by atoms with van der Waals surface area (Å²) in [5, 5.41) is 0. The lowest BCUT2D eigenvalue weighted by Gasteiger charge is -2.22. The Labute approximate surface area is 123 Å². The summed E-state index contributed by atoms with van der Waals surface area (Å²) in [6, 6.07) is 1.58. The third kappa shape index (κ3) is 2.63. The quantitative estimate of drug-likeness (QED) is 0.795. The van der Waals surface area contributed by atoms with Gasteiger partial charge in [-0.3, -0.25) is 9.78 Å². The maximum absolute atomic E-state index is 12.4. The Bertz CT molecular complexity index is 610. The van der Waals surface area contributed by atoms with Crippen LogP contribution in [0.15, 0.2) is 18.5 Å². The number of hydrogen-bond donors (Lipinski definition) is 0. The summed E-state index contributed by atoms with van der Waals surface area (Å²) in [6.45, 7) is 4.54. The predicted molar refractivity (Wildman–Crippen MR) is 80.0 cm³/mol. The van der Waals surface area contributed by atoms with Gasteiger partial charge in [0.15, 0.2) is 0 Å². The summed E-state index contributed by atoms with van der Waals surface area (Å²) in [6.07, 6.45) is 4.06. The third-order valence-electron chi connectivity index (χ3n) is 3.48. The number of pyridine rings is 1. The van der Waals surface area contributed by atoms with E-state index in [1.807, 2.05) is 24.5 Å². The molecule has 0 aliphatic carbocycles. The zero-order chi connectivity index (χ0) is 14.7. The largest absolute Gasteiger partial charge is 0.344 e. The lowest BCUT2D eigenvalue weighted by Crippen LogP contribution is -2.33. The smallest absolute Gasteiger partial charge is 0.245 e. The number of amides is 1. The van der Waals surface area contributed by atoms with E-state index in [9.17, 15) is 4.79 Å². The van der Waals surface area contributed by atoms with Gasteiger partial charge in [-0.05, 0) is 19.9 Å². The molecule has 2 rings (SSSR count). The van der Waals surface area contributed by atoms with Gasteiger partial charge in [-0.25, -0.2) is 4.98 Å². The van der Waals surface area contributed by atoms with Crippen LogP contribution in [0.2, 0.25) is 0 Å². The molecule has 6 heteroatoms. The zero-order valence-electron chi connectivity index (χ0n) is 12.0. The molecule has 20 heavy (non-hydrogen) atoms. The second-order valence-corrected chi connectivity index (χ2v) is 5.11. The molecular weight excluding hydrogens is 276 g/mol. The van der Waals surface area contributed by atoms with Crippen molar-refractivity contribution in [3.8, 4) is 0 Å². The van der Waals surface area contributed by atoms with Gasteiger partial charge in [0, 0.05) is 32.1 Å². The minimum Gasteiger partial charge on any atom is -0.344 e. The summed E-state index contributed by atoms with van der Waals surface area (Å²) in [5.41, 5.74) is 1.72. The molecular formula is C14H19ClN4O. The highest BCUT2D eigenvalue weighted by Crippen LogP contribution is 2.22. The molecule has 2 heterocycles. The van der Waals surface area contributed by atoms with E-state index in [2.05, 4.69) is 9.97 Å². The van der Waals surface area contributed by atoms with Crippen molar-refractivity contribution in [1.82, 2.24) is 19.4 Å². The fourth-order valence-corrected chi connectivity index (χ4v) is 2.45. The van der Waals surface area contributed by atoms with E-state index in [1.54, 1.807) is 24.3 Å². The average molecular weight is 295 g/mol. The summed E-state index contributed by atoms with van der Waals surface area (Å²) in [4.78, 5) is 22.7. The number of imidazole rings is 1. The normalized spacial score (nSPS) is 12.6. The number of aromatic nitrogens is 3. The number of nitrogens with zero attached hydrogens (tertiary/aromatic N) is 4. The van der Waals surface area contributed by atoms with E-state index in [0.29, 0.717) is 18.8 Å². The molecule has 0 bridgehead atoms. The molecule has 0 radical (unpaired) electrons. The molecule has 0 N–H and O–H groups in total. The Morgan fingerprint density at radius 2 is 2.30 bits per heavy atom. The average Bonchev–Trinajstić information content (AvgIpc) is 2.83. The lowest BCUT2D eigenvalue weighted by atomic mass is 10.2. The van der Waals surface area contributed by atoms with Crippen molar-refractivity contribution in [2.45, 2.75) is 26.3 Å². The second-order valence-electron chi connectivity index (χ2n) is 4.73. The molecule has 0 saturated carbocycles. The molecule has 0 aliphatic rings. The Morgan fingerprint density at radius 1 is 1.55 bits per heavy atom. The topological polar surface area (TPSA) is 51.0 Å². The van der Waals surface area contributed by atoms with Gasteiger partial charge in [-0.1, -0.05) is 0 Å². The summed E-state index contributed by atoms with van der Waals surface area (Å²) in [5.74, 6) is 1.37. The number of aryl methyl sites for hydroxylation is 1. The first-order valence-corrected chi connectivity index (χ1v) is 7.25. The first kappa shape index (κ1) is 14.8. The van der Waals surface area contributed by atoms with Gasteiger partial charge >= 0.3 is 0 Å². The van der Waals surface area contributed by atoms with E-state index >= 15 is 0 Å². The molecule has 108 valence electrons. The van der Waals surface area contributed by atoms with Gasteiger partial charge in [0.25, 0.3) is 0 Å². The van der Waals surface area contributed by atoms with Crippen LogP contribution in [0.3, 0.4) is 0 Å². The van der Waals surface area contributed by atoms with Gasteiger partial charge in [-0.2, -0.15) is 0 Å². The monoisotopic (exact) mass is 294 g/mol. The summed E-state index contributed by atoms with van der Waals surface area (Å²) < 4.78 is 1.97. The number of carbonyl (C=O) groups excluding carboxylic acids is 1. The molecule has 0 saturated heterocycles. The molecule has 0 spiro atoms. The fraction of sp³-hybridized carbons (Fsp3) is 0.500. The number of likely N-dealkylation sites (N-methyl/N-ethyl adjacent to an activating group) is 1. The van der Waals surface area contributed by atoms with Gasteiger partial charge in [0.05, 0.1) is 11.7 Å². The zero-order valence-corrected chi connectivity index (χ0v) is 12.8. The maximum atomic E-state index is 12.4. The minimum absolute atomic E-state index is 0.0689. The molecule has 1 unspecified atom stereocenters. The molecule has 1 amide bonds. The van der Waals surface area contributed by atoms with Gasteiger partial charge in [0.2, 0.25) is 5.91 Å². The van der Waals surface area contributed by atoms with Crippen LogP contribution in [0.25, 0.3) is 11.0 Å². The molecule has 1 atom stereocenters. The molecule has 0 aliphatic heterocycles. The molecule has 5 nitrogen and oxygen atoms in total. The van der Waals surface area contributed by atoms with Crippen LogP contribution in [0, 0.1) is 0 Å². The summed E-state index contributed by atoms with van der Waals surface area (Å²) >= 11 is 5.85. The Morgan fingerprint density at radius 3 is 2.95 bits per heavy atom. The second kappa shape index (κ2) is 6.22. The number of hydrogen-bond acceptors (Lipinski definition) is 3. The molecule has 0 aromatic carbocycles. The van der Waals surface area contributed by atoms with Crippen LogP contribution in [0.5, 0.6) is 0 Å².